The maximum atomic E-state index is 12.6. The molecule has 24 heavy (non-hydrogen) atoms. The monoisotopic (exact) mass is 336 g/mol. The number of benzene rings is 1. The van der Waals surface area contributed by atoms with Crippen LogP contribution < -0.4 is 4.90 Å². The van der Waals surface area contributed by atoms with E-state index >= 15 is 0 Å². The van der Waals surface area contributed by atoms with E-state index in [2.05, 4.69) is 9.88 Å². The summed E-state index contributed by atoms with van der Waals surface area (Å²) in [5, 5.41) is 9.28. The summed E-state index contributed by atoms with van der Waals surface area (Å²) < 4.78 is 37.7. The number of pyridine rings is 1. The van der Waals surface area contributed by atoms with Crippen molar-refractivity contribution in [1.82, 2.24) is 4.98 Å². The lowest BCUT2D eigenvalue weighted by atomic mass is 9.90. The Morgan fingerprint density at radius 2 is 1.71 bits per heavy atom. The molecule has 1 aromatic heterocycles. The first-order chi connectivity index (χ1) is 11.4. The van der Waals surface area contributed by atoms with E-state index in [1.165, 1.54) is 6.20 Å². The molecular weight excluding hydrogens is 317 g/mol. The second kappa shape index (κ2) is 6.71. The van der Waals surface area contributed by atoms with E-state index in [0.29, 0.717) is 5.92 Å². The molecule has 1 saturated heterocycles. The SMILES string of the molecule is Oc1ccc(N2CCC(Cc3ccc(C(F)(F)F)cc3)CC2)nc1. The molecule has 1 N–H and O–H groups in total. The highest BCUT2D eigenvalue weighted by molar-refractivity contribution is 5.40. The smallest absolute Gasteiger partial charge is 0.416 e. The van der Waals surface area contributed by atoms with Crippen LogP contribution in [0.3, 0.4) is 0 Å². The van der Waals surface area contributed by atoms with Gasteiger partial charge in [-0.15, -0.1) is 0 Å². The van der Waals surface area contributed by atoms with Crippen molar-refractivity contribution in [3.63, 3.8) is 0 Å². The Bertz CT molecular complexity index is 660. The number of alkyl halides is 3. The Hall–Kier alpha value is -2.24. The van der Waals surface area contributed by atoms with Crippen LogP contribution in [0.2, 0.25) is 0 Å². The standard InChI is InChI=1S/C18H19F3N2O/c19-18(20,21)15-3-1-13(2-4-15)11-14-7-9-23(10-8-14)17-6-5-16(24)12-22-17/h1-6,12,14,24H,7-11H2. The van der Waals surface area contributed by atoms with Gasteiger partial charge in [0.05, 0.1) is 11.8 Å². The summed E-state index contributed by atoms with van der Waals surface area (Å²) in [6, 6.07) is 8.89. The minimum atomic E-state index is -4.28. The van der Waals surface area contributed by atoms with Gasteiger partial charge in [-0.1, -0.05) is 12.1 Å². The van der Waals surface area contributed by atoms with E-state index in [4.69, 9.17) is 0 Å². The van der Waals surface area contributed by atoms with Gasteiger partial charge < -0.3 is 10.0 Å². The number of hydrogen-bond acceptors (Lipinski definition) is 3. The van der Waals surface area contributed by atoms with E-state index in [9.17, 15) is 18.3 Å². The van der Waals surface area contributed by atoms with Crippen molar-refractivity contribution in [2.75, 3.05) is 18.0 Å². The quantitative estimate of drug-likeness (QED) is 0.909. The number of anilines is 1. The molecule has 2 heterocycles. The number of rotatable bonds is 3. The fourth-order valence-electron chi connectivity index (χ4n) is 3.09. The molecule has 1 fully saturated rings. The fraction of sp³-hybridized carbons (Fsp3) is 0.389. The molecule has 128 valence electrons. The summed E-state index contributed by atoms with van der Waals surface area (Å²) in [6.07, 6.45) is -0.0905. The molecule has 1 aliphatic heterocycles. The molecule has 0 radical (unpaired) electrons. The van der Waals surface area contributed by atoms with Gasteiger partial charge in [0.25, 0.3) is 0 Å². The molecule has 3 rings (SSSR count). The van der Waals surface area contributed by atoms with Crippen LogP contribution in [-0.2, 0) is 12.6 Å². The molecule has 0 unspecified atom stereocenters. The Morgan fingerprint density at radius 1 is 1.04 bits per heavy atom. The maximum absolute atomic E-state index is 12.6. The van der Waals surface area contributed by atoms with Crippen LogP contribution in [0.4, 0.5) is 19.0 Å². The summed E-state index contributed by atoms with van der Waals surface area (Å²) in [5.41, 5.74) is 0.351. The summed E-state index contributed by atoms with van der Waals surface area (Å²) >= 11 is 0. The van der Waals surface area contributed by atoms with Gasteiger partial charge in [0, 0.05) is 13.1 Å². The third-order valence-electron chi connectivity index (χ3n) is 4.48. The van der Waals surface area contributed by atoms with Gasteiger partial charge in [0.15, 0.2) is 0 Å². The van der Waals surface area contributed by atoms with Crippen LogP contribution in [0.15, 0.2) is 42.6 Å². The van der Waals surface area contributed by atoms with Gasteiger partial charge >= 0.3 is 6.18 Å². The molecule has 0 bridgehead atoms. The third-order valence-corrected chi connectivity index (χ3v) is 4.48. The fourth-order valence-corrected chi connectivity index (χ4v) is 3.09. The Morgan fingerprint density at radius 3 is 2.25 bits per heavy atom. The highest BCUT2D eigenvalue weighted by Crippen LogP contribution is 2.30. The number of nitrogens with zero attached hydrogens (tertiary/aromatic N) is 2. The van der Waals surface area contributed by atoms with E-state index in [0.717, 1.165) is 55.9 Å². The minimum Gasteiger partial charge on any atom is -0.506 e. The zero-order valence-electron chi connectivity index (χ0n) is 13.1. The summed E-state index contributed by atoms with van der Waals surface area (Å²) in [7, 11) is 0. The van der Waals surface area contributed by atoms with Crippen molar-refractivity contribution >= 4 is 5.82 Å². The number of aromatic hydroxyl groups is 1. The van der Waals surface area contributed by atoms with Crippen LogP contribution in [0.1, 0.15) is 24.0 Å². The van der Waals surface area contributed by atoms with Crippen LogP contribution in [0.25, 0.3) is 0 Å². The first kappa shape index (κ1) is 16.6. The summed E-state index contributed by atoms with van der Waals surface area (Å²) in [5.74, 6) is 1.46. The number of hydrogen-bond donors (Lipinski definition) is 1. The van der Waals surface area contributed by atoms with E-state index in [-0.39, 0.29) is 5.75 Å². The van der Waals surface area contributed by atoms with Gasteiger partial charge in [-0.2, -0.15) is 13.2 Å². The molecular formula is C18H19F3N2O. The van der Waals surface area contributed by atoms with Crippen molar-refractivity contribution in [2.45, 2.75) is 25.4 Å². The molecule has 3 nitrogen and oxygen atoms in total. The van der Waals surface area contributed by atoms with Crippen LogP contribution in [-0.4, -0.2) is 23.2 Å². The molecule has 0 aliphatic carbocycles. The highest BCUT2D eigenvalue weighted by atomic mass is 19.4. The summed E-state index contributed by atoms with van der Waals surface area (Å²) in [6.45, 7) is 1.73. The van der Waals surface area contributed by atoms with Crippen molar-refractivity contribution < 1.29 is 18.3 Å². The van der Waals surface area contributed by atoms with Crippen LogP contribution >= 0.6 is 0 Å². The number of piperidine rings is 1. The lowest BCUT2D eigenvalue weighted by Crippen LogP contribution is -2.34. The molecule has 0 spiro atoms. The number of halogens is 3. The van der Waals surface area contributed by atoms with E-state index in [1.807, 2.05) is 0 Å². The predicted octanol–water partition coefficient (Wildman–Crippen LogP) is 4.27. The summed E-state index contributed by atoms with van der Waals surface area (Å²) in [4.78, 5) is 6.38. The highest BCUT2D eigenvalue weighted by Gasteiger charge is 2.30. The van der Waals surface area contributed by atoms with Crippen molar-refractivity contribution in [2.24, 2.45) is 5.92 Å². The first-order valence-electron chi connectivity index (χ1n) is 7.98. The normalized spacial score (nSPS) is 16.4. The zero-order chi connectivity index (χ0) is 17.2. The molecule has 0 atom stereocenters. The van der Waals surface area contributed by atoms with Crippen molar-refractivity contribution in [1.29, 1.82) is 0 Å². The second-order valence-electron chi connectivity index (χ2n) is 6.20. The molecule has 1 aliphatic rings. The first-order valence-corrected chi connectivity index (χ1v) is 7.98. The predicted molar refractivity (Wildman–Crippen MR) is 86.0 cm³/mol. The van der Waals surface area contributed by atoms with Crippen LogP contribution in [0, 0.1) is 5.92 Å². The van der Waals surface area contributed by atoms with Gasteiger partial charge in [-0.25, -0.2) is 4.98 Å². The topological polar surface area (TPSA) is 36.4 Å². The second-order valence-corrected chi connectivity index (χ2v) is 6.20. The molecule has 0 amide bonds. The Balaban J connectivity index is 1.54. The largest absolute Gasteiger partial charge is 0.506 e. The van der Waals surface area contributed by atoms with Crippen molar-refractivity contribution in [3.05, 3.63) is 53.7 Å². The average molecular weight is 336 g/mol. The maximum Gasteiger partial charge on any atom is 0.416 e. The van der Waals surface area contributed by atoms with Crippen molar-refractivity contribution in [3.8, 4) is 5.75 Å². The van der Waals surface area contributed by atoms with E-state index in [1.54, 1.807) is 24.3 Å². The number of aromatic nitrogens is 1. The van der Waals surface area contributed by atoms with Gasteiger partial charge in [0.2, 0.25) is 0 Å². The molecule has 2 aromatic rings. The lowest BCUT2D eigenvalue weighted by Gasteiger charge is -2.33. The lowest BCUT2D eigenvalue weighted by molar-refractivity contribution is -0.137. The molecule has 1 aromatic carbocycles. The van der Waals surface area contributed by atoms with Gasteiger partial charge in [-0.3, -0.25) is 0 Å². The van der Waals surface area contributed by atoms with Gasteiger partial charge in [-0.05, 0) is 55.0 Å². The Labute approximate surface area is 138 Å². The average Bonchev–Trinajstić information content (AvgIpc) is 2.56. The molecule has 0 saturated carbocycles. The van der Waals surface area contributed by atoms with Gasteiger partial charge in [0.1, 0.15) is 11.6 Å². The third kappa shape index (κ3) is 3.99. The minimum absolute atomic E-state index is 0.149. The van der Waals surface area contributed by atoms with Crippen LogP contribution in [0.5, 0.6) is 5.75 Å². The molecule has 6 heteroatoms. The zero-order valence-corrected chi connectivity index (χ0v) is 13.1. The van der Waals surface area contributed by atoms with E-state index < -0.39 is 11.7 Å². The Kier molecular flexibility index (Phi) is 4.64.